The van der Waals surface area contributed by atoms with Crippen LogP contribution in [0.15, 0.2) is 42.5 Å². The lowest BCUT2D eigenvalue weighted by atomic mass is 10.0. The van der Waals surface area contributed by atoms with Crippen LogP contribution in [-0.2, 0) is 6.42 Å². The molecule has 1 nitrogen and oxygen atoms in total. The minimum Gasteiger partial charge on any atom is -0.294 e. The van der Waals surface area contributed by atoms with Crippen molar-refractivity contribution in [3.8, 4) is 11.1 Å². The number of carbonyl (C=O) groups is 1. The summed E-state index contributed by atoms with van der Waals surface area (Å²) in [4.78, 5) is 11.5. The maximum absolute atomic E-state index is 13.1. The van der Waals surface area contributed by atoms with Crippen LogP contribution in [0.3, 0.4) is 0 Å². The molecule has 0 amide bonds. The maximum atomic E-state index is 13.1. The highest BCUT2D eigenvalue weighted by Gasteiger charge is 2.19. The largest absolute Gasteiger partial charge is 0.294 e. The number of hydrogen-bond acceptors (Lipinski definition) is 1. The molecule has 0 atom stereocenters. The van der Waals surface area contributed by atoms with Crippen LogP contribution in [0.25, 0.3) is 11.1 Å². The number of hydrogen-bond donors (Lipinski definition) is 0. The Balaban J connectivity index is 2.09. The number of rotatable bonds is 1. The highest BCUT2D eigenvalue weighted by Crippen LogP contribution is 2.28. The summed E-state index contributed by atoms with van der Waals surface area (Å²) in [7, 11) is 0. The molecule has 84 valence electrons. The zero-order chi connectivity index (χ0) is 11.8. The second-order valence-corrected chi connectivity index (χ2v) is 4.31. The molecule has 1 aliphatic rings. The van der Waals surface area contributed by atoms with Gasteiger partial charge in [-0.1, -0.05) is 30.3 Å². The van der Waals surface area contributed by atoms with E-state index in [0.717, 1.165) is 28.7 Å². The lowest BCUT2D eigenvalue weighted by Gasteiger charge is -2.04. The van der Waals surface area contributed by atoms with Gasteiger partial charge in [-0.15, -0.1) is 0 Å². The van der Waals surface area contributed by atoms with Crippen LogP contribution in [-0.4, -0.2) is 5.78 Å². The molecular weight excluding hydrogens is 215 g/mol. The molecule has 0 radical (unpaired) electrons. The van der Waals surface area contributed by atoms with E-state index in [-0.39, 0.29) is 11.6 Å². The maximum Gasteiger partial charge on any atom is 0.163 e. The van der Waals surface area contributed by atoms with E-state index >= 15 is 0 Å². The number of carbonyl (C=O) groups excluding carboxylic acids is 1. The molecule has 0 saturated heterocycles. The molecule has 0 N–H and O–H groups in total. The van der Waals surface area contributed by atoms with Gasteiger partial charge in [-0.25, -0.2) is 4.39 Å². The quantitative estimate of drug-likeness (QED) is 0.725. The van der Waals surface area contributed by atoms with E-state index in [0.29, 0.717) is 6.42 Å². The normalized spacial score (nSPS) is 13.8. The first kappa shape index (κ1) is 10.2. The van der Waals surface area contributed by atoms with Crippen molar-refractivity contribution in [1.82, 2.24) is 0 Å². The van der Waals surface area contributed by atoms with E-state index < -0.39 is 0 Å². The van der Waals surface area contributed by atoms with Crippen LogP contribution in [0, 0.1) is 5.82 Å². The average molecular weight is 226 g/mol. The van der Waals surface area contributed by atoms with Crippen molar-refractivity contribution in [1.29, 1.82) is 0 Å². The van der Waals surface area contributed by atoms with Gasteiger partial charge in [0, 0.05) is 12.0 Å². The Morgan fingerprint density at radius 3 is 2.59 bits per heavy atom. The van der Waals surface area contributed by atoms with E-state index in [4.69, 9.17) is 0 Å². The lowest BCUT2D eigenvalue weighted by molar-refractivity contribution is 0.0994. The molecule has 0 aliphatic heterocycles. The Morgan fingerprint density at radius 1 is 0.941 bits per heavy atom. The summed E-state index contributed by atoms with van der Waals surface area (Å²) >= 11 is 0. The Labute approximate surface area is 98.9 Å². The summed E-state index contributed by atoms with van der Waals surface area (Å²) in [6.45, 7) is 0. The van der Waals surface area contributed by atoms with Gasteiger partial charge in [-0.05, 0) is 35.2 Å². The van der Waals surface area contributed by atoms with Crippen molar-refractivity contribution in [3.05, 3.63) is 59.4 Å². The second-order valence-electron chi connectivity index (χ2n) is 4.31. The minimum absolute atomic E-state index is 0.214. The molecule has 0 aromatic heterocycles. The zero-order valence-corrected chi connectivity index (χ0v) is 9.24. The fourth-order valence-electron chi connectivity index (χ4n) is 2.30. The third-order valence-electron chi connectivity index (χ3n) is 3.19. The van der Waals surface area contributed by atoms with E-state index in [1.54, 1.807) is 6.07 Å². The number of fused-ring (bicyclic) bond motifs is 1. The van der Waals surface area contributed by atoms with Crippen molar-refractivity contribution in [2.24, 2.45) is 0 Å². The summed E-state index contributed by atoms with van der Waals surface area (Å²) < 4.78 is 13.1. The summed E-state index contributed by atoms with van der Waals surface area (Å²) in [6.07, 6.45) is 1.40. The van der Waals surface area contributed by atoms with Crippen LogP contribution in [0.5, 0.6) is 0 Å². The topological polar surface area (TPSA) is 17.1 Å². The van der Waals surface area contributed by atoms with Gasteiger partial charge < -0.3 is 0 Å². The predicted molar refractivity (Wildman–Crippen MR) is 64.5 cm³/mol. The monoisotopic (exact) mass is 226 g/mol. The fraction of sp³-hybridized carbons (Fsp3) is 0.133. The molecule has 3 rings (SSSR count). The molecule has 0 unspecified atom stereocenters. The SMILES string of the molecule is O=C1CCc2cc(-c3cccc(F)c3)ccc21. The zero-order valence-electron chi connectivity index (χ0n) is 9.24. The van der Waals surface area contributed by atoms with Crippen LogP contribution in [0.4, 0.5) is 4.39 Å². The van der Waals surface area contributed by atoms with Crippen LogP contribution >= 0.6 is 0 Å². The number of aryl methyl sites for hydroxylation is 1. The molecule has 0 heterocycles. The Morgan fingerprint density at radius 2 is 1.76 bits per heavy atom. The van der Waals surface area contributed by atoms with E-state index in [9.17, 15) is 9.18 Å². The van der Waals surface area contributed by atoms with Gasteiger partial charge >= 0.3 is 0 Å². The van der Waals surface area contributed by atoms with E-state index in [1.165, 1.54) is 12.1 Å². The highest BCUT2D eigenvalue weighted by atomic mass is 19.1. The average Bonchev–Trinajstić information content (AvgIpc) is 2.71. The first-order valence-corrected chi connectivity index (χ1v) is 5.66. The van der Waals surface area contributed by atoms with Gasteiger partial charge in [0.2, 0.25) is 0 Å². The Bertz CT molecular complexity index is 602. The first-order valence-electron chi connectivity index (χ1n) is 5.66. The van der Waals surface area contributed by atoms with E-state index in [2.05, 4.69) is 0 Å². The fourth-order valence-corrected chi connectivity index (χ4v) is 2.30. The van der Waals surface area contributed by atoms with Crippen molar-refractivity contribution >= 4 is 5.78 Å². The third-order valence-corrected chi connectivity index (χ3v) is 3.19. The predicted octanol–water partition coefficient (Wildman–Crippen LogP) is 3.62. The molecule has 2 aromatic rings. The molecule has 0 fully saturated rings. The summed E-state index contributed by atoms with van der Waals surface area (Å²) in [5.74, 6) is -0.0233. The standard InChI is InChI=1S/C15H11FO/c16-13-3-1-2-10(9-13)11-4-6-14-12(8-11)5-7-15(14)17/h1-4,6,8-9H,5,7H2. The summed E-state index contributed by atoms with van der Waals surface area (Å²) in [6, 6.07) is 12.3. The molecule has 1 aliphatic carbocycles. The minimum atomic E-state index is -0.237. The van der Waals surface area contributed by atoms with Gasteiger partial charge in [0.05, 0.1) is 0 Å². The number of benzene rings is 2. The van der Waals surface area contributed by atoms with Gasteiger partial charge in [0.15, 0.2) is 5.78 Å². The summed E-state index contributed by atoms with van der Waals surface area (Å²) in [5.41, 5.74) is 3.73. The van der Waals surface area contributed by atoms with Crippen molar-refractivity contribution in [2.45, 2.75) is 12.8 Å². The van der Waals surface area contributed by atoms with Gasteiger partial charge in [0.1, 0.15) is 5.82 Å². The first-order chi connectivity index (χ1) is 8.24. The van der Waals surface area contributed by atoms with Crippen LogP contribution in [0.2, 0.25) is 0 Å². The van der Waals surface area contributed by atoms with Gasteiger partial charge in [-0.3, -0.25) is 4.79 Å². The smallest absolute Gasteiger partial charge is 0.163 e. The molecular formula is C15H11FO. The molecule has 0 spiro atoms. The number of ketones is 1. The third kappa shape index (κ3) is 1.76. The highest BCUT2D eigenvalue weighted by molar-refractivity contribution is 6.00. The second kappa shape index (κ2) is 3.81. The van der Waals surface area contributed by atoms with Gasteiger partial charge in [-0.2, -0.15) is 0 Å². The Kier molecular flexibility index (Phi) is 2.29. The summed E-state index contributed by atoms with van der Waals surface area (Å²) in [5, 5.41) is 0. The molecule has 0 saturated carbocycles. The van der Waals surface area contributed by atoms with Crippen molar-refractivity contribution in [2.75, 3.05) is 0 Å². The number of halogens is 1. The molecule has 17 heavy (non-hydrogen) atoms. The van der Waals surface area contributed by atoms with Crippen molar-refractivity contribution in [3.63, 3.8) is 0 Å². The van der Waals surface area contributed by atoms with Crippen LogP contribution < -0.4 is 0 Å². The van der Waals surface area contributed by atoms with Crippen molar-refractivity contribution < 1.29 is 9.18 Å². The molecule has 0 bridgehead atoms. The van der Waals surface area contributed by atoms with Crippen LogP contribution in [0.1, 0.15) is 22.3 Å². The lowest BCUT2D eigenvalue weighted by Crippen LogP contribution is -1.91. The molecule has 2 aromatic carbocycles. The van der Waals surface area contributed by atoms with E-state index in [1.807, 2.05) is 24.3 Å². The van der Waals surface area contributed by atoms with Gasteiger partial charge in [0.25, 0.3) is 0 Å². The number of Topliss-reactive ketones (excluding diaryl/α,β-unsaturated/α-hetero) is 1. The molecule has 2 heteroatoms. The Hall–Kier alpha value is -1.96.